The largest absolute Gasteiger partial charge is 0.465 e. The van der Waals surface area contributed by atoms with E-state index in [4.69, 9.17) is 9.47 Å². The maximum atomic E-state index is 14.6. The van der Waals surface area contributed by atoms with Crippen molar-refractivity contribution in [3.8, 4) is 0 Å². The number of likely N-dealkylation sites (tertiary alicyclic amines) is 1. The van der Waals surface area contributed by atoms with E-state index in [1.807, 2.05) is 19.9 Å². The van der Waals surface area contributed by atoms with Gasteiger partial charge in [0.05, 0.1) is 49.1 Å². The molecule has 4 heterocycles. The van der Waals surface area contributed by atoms with E-state index in [1.54, 1.807) is 27.6 Å². The number of halogens is 1. The van der Waals surface area contributed by atoms with Crippen LogP contribution >= 0.6 is 27.7 Å². The number of carbonyl (C=O) groups excluding carboxylic acids is 3. The number of aliphatic hydroxyl groups is 1. The fourth-order valence-electron chi connectivity index (χ4n) is 6.96. The molecule has 9 nitrogen and oxygen atoms in total. The van der Waals surface area contributed by atoms with Crippen molar-refractivity contribution in [2.75, 3.05) is 59.2 Å². The van der Waals surface area contributed by atoms with Gasteiger partial charge in [0.2, 0.25) is 11.8 Å². The zero-order valence-electron chi connectivity index (χ0n) is 24.4. The van der Waals surface area contributed by atoms with Gasteiger partial charge in [0.15, 0.2) is 0 Å². The summed E-state index contributed by atoms with van der Waals surface area (Å²) in [5.74, 6) is -2.10. The van der Waals surface area contributed by atoms with Gasteiger partial charge in [-0.3, -0.25) is 19.3 Å². The van der Waals surface area contributed by atoms with Crippen LogP contribution in [-0.2, 0) is 23.9 Å². The van der Waals surface area contributed by atoms with Gasteiger partial charge in [0.25, 0.3) is 0 Å². The van der Waals surface area contributed by atoms with Crippen LogP contribution < -0.4 is 0 Å². The highest BCUT2D eigenvalue weighted by atomic mass is 79.9. The fraction of sp³-hybridized carbons (Fsp3) is 0.767. The molecule has 230 valence electrons. The van der Waals surface area contributed by atoms with E-state index in [0.717, 1.165) is 32.4 Å². The Morgan fingerprint density at radius 2 is 2.00 bits per heavy atom. The molecule has 2 amide bonds. The average molecular weight is 657 g/mol. The molecular weight excluding hydrogens is 610 g/mol. The van der Waals surface area contributed by atoms with Gasteiger partial charge in [-0.15, -0.1) is 24.9 Å². The number of thioether (sulfide) groups is 1. The number of fused-ring (bicyclic) bond motifs is 1. The van der Waals surface area contributed by atoms with Gasteiger partial charge in [-0.05, 0) is 31.6 Å². The molecule has 4 aliphatic heterocycles. The van der Waals surface area contributed by atoms with E-state index in [0.29, 0.717) is 45.9 Å². The summed E-state index contributed by atoms with van der Waals surface area (Å²) in [6, 6.07) is -1.32. The first-order valence-electron chi connectivity index (χ1n) is 14.9. The summed E-state index contributed by atoms with van der Waals surface area (Å²) in [7, 11) is 0. The van der Waals surface area contributed by atoms with Crippen LogP contribution in [0.3, 0.4) is 0 Å². The van der Waals surface area contributed by atoms with Crippen LogP contribution in [0.25, 0.3) is 0 Å². The van der Waals surface area contributed by atoms with Crippen molar-refractivity contribution in [2.24, 2.45) is 17.8 Å². The SMILES string of the molecule is C=CCCCCOC(=O)[C@H]1[C@@H]2SC3(CC2Br)C(C(=O)N(CC=C)CCN2CCOCC2)N([C@@H](CO)C(C)C)C(=O)[C@H]13. The normalized spacial score (nSPS) is 31.8. The number of aliphatic hydroxyl groups excluding tert-OH is 1. The number of hydrogen-bond donors (Lipinski definition) is 1. The van der Waals surface area contributed by atoms with Gasteiger partial charge in [-0.1, -0.05) is 41.9 Å². The molecule has 1 N–H and O–H groups in total. The van der Waals surface area contributed by atoms with Crippen molar-refractivity contribution in [3.05, 3.63) is 25.3 Å². The Kier molecular flexibility index (Phi) is 11.4. The summed E-state index contributed by atoms with van der Waals surface area (Å²) < 4.78 is 10.4. The summed E-state index contributed by atoms with van der Waals surface area (Å²) >= 11 is 5.41. The highest BCUT2D eigenvalue weighted by Gasteiger charge is 2.76. The number of esters is 1. The molecule has 0 radical (unpaired) electrons. The highest BCUT2D eigenvalue weighted by molar-refractivity contribution is 9.09. The van der Waals surface area contributed by atoms with Gasteiger partial charge in [-0.25, -0.2) is 0 Å². The van der Waals surface area contributed by atoms with Crippen molar-refractivity contribution >= 4 is 45.5 Å². The first-order chi connectivity index (χ1) is 19.7. The minimum Gasteiger partial charge on any atom is -0.465 e. The molecule has 0 aromatic rings. The van der Waals surface area contributed by atoms with Crippen molar-refractivity contribution in [1.29, 1.82) is 0 Å². The smallest absolute Gasteiger partial charge is 0.310 e. The number of hydrogen-bond acceptors (Lipinski definition) is 8. The Morgan fingerprint density at radius 3 is 2.63 bits per heavy atom. The number of rotatable bonds is 15. The van der Waals surface area contributed by atoms with Crippen molar-refractivity contribution in [3.63, 3.8) is 0 Å². The third-order valence-corrected chi connectivity index (χ3v) is 12.3. The van der Waals surface area contributed by atoms with Crippen LogP contribution in [0.2, 0.25) is 0 Å². The Balaban J connectivity index is 1.64. The second-order valence-corrected chi connectivity index (χ2v) is 14.6. The van der Waals surface area contributed by atoms with Gasteiger partial charge >= 0.3 is 5.97 Å². The molecule has 0 aromatic heterocycles. The minimum atomic E-state index is -0.787. The van der Waals surface area contributed by atoms with Crippen LogP contribution in [0.15, 0.2) is 25.3 Å². The van der Waals surface area contributed by atoms with Crippen molar-refractivity contribution in [2.45, 2.75) is 66.4 Å². The quantitative estimate of drug-likeness (QED) is 0.124. The second kappa shape index (κ2) is 14.4. The fourth-order valence-corrected chi connectivity index (χ4v) is 10.5. The standard InChI is InChI=1S/C30H46BrN3O6S/c1-5-7-8-9-15-40-29(38)23-24-27(36)34(22(19-35)20(3)4)26(30(24)18-21(31)25(23)41-30)28(37)33(10-6-2)12-11-32-13-16-39-17-14-32/h5-6,20-26,35H,1-2,7-19H2,3-4H3/t21?,22-,23+,24-,25+,26?,30?/m0/s1. The highest BCUT2D eigenvalue weighted by Crippen LogP contribution is 2.68. The van der Waals surface area contributed by atoms with Crippen molar-refractivity contribution in [1.82, 2.24) is 14.7 Å². The van der Waals surface area contributed by atoms with E-state index in [1.165, 1.54) is 0 Å². The maximum Gasteiger partial charge on any atom is 0.310 e. The predicted molar refractivity (Wildman–Crippen MR) is 164 cm³/mol. The van der Waals surface area contributed by atoms with Crippen LogP contribution in [0.4, 0.5) is 0 Å². The first kappa shape index (κ1) is 32.5. The lowest BCUT2D eigenvalue weighted by Gasteiger charge is -2.41. The molecule has 0 aliphatic carbocycles. The molecule has 4 fully saturated rings. The molecular formula is C30H46BrN3O6S. The van der Waals surface area contributed by atoms with Gasteiger partial charge in [-0.2, -0.15) is 0 Å². The average Bonchev–Trinajstić information content (AvgIpc) is 3.55. The Bertz CT molecular complexity index is 978. The Hall–Kier alpha value is -1.40. The van der Waals surface area contributed by atoms with Gasteiger partial charge in [0.1, 0.15) is 6.04 Å². The summed E-state index contributed by atoms with van der Waals surface area (Å²) in [5.41, 5.74) is 0. The number of ether oxygens (including phenoxy) is 2. The minimum absolute atomic E-state index is 0.0297. The number of unbranched alkanes of at least 4 members (excludes halogenated alkanes) is 2. The number of nitrogens with zero attached hydrogens (tertiary/aromatic N) is 3. The molecule has 1 spiro atoms. The Labute approximate surface area is 257 Å². The molecule has 7 atom stereocenters. The van der Waals surface area contributed by atoms with E-state index in [9.17, 15) is 19.5 Å². The number of amides is 2. The molecule has 11 heteroatoms. The van der Waals surface area contributed by atoms with E-state index < -0.39 is 28.7 Å². The summed E-state index contributed by atoms with van der Waals surface area (Å²) in [5, 5.41) is 10.3. The lowest BCUT2D eigenvalue weighted by molar-refractivity contribution is -0.154. The molecule has 41 heavy (non-hydrogen) atoms. The van der Waals surface area contributed by atoms with Crippen LogP contribution in [-0.4, -0.2) is 124 Å². The zero-order valence-corrected chi connectivity index (χ0v) is 26.8. The Morgan fingerprint density at radius 1 is 1.27 bits per heavy atom. The molecule has 2 bridgehead atoms. The van der Waals surface area contributed by atoms with E-state index >= 15 is 0 Å². The summed E-state index contributed by atoms with van der Waals surface area (Å²) in [6.45, 7) is 16.1. The topological polar surface area (TPSA) is 99.6 Å². The first-order valence-corrected chi connectivity index (χ1v) is 16.7. The van der Waals surface area contributed by atoms with Gasteiger partial charge in [0, 0.05) is 42.8 Å². The molecule has 4 aliphatic rings. The maximum absolute atomic E-state index is 14.6. The monoisotopic (exact) mass is 655 g/mol. The number of alkyl halides is 1. The lowest BCUT2D eigenvalue weighted by Crippen LogP contribution is -2.59. The predicted octanol–water partition coefficient (Wildman–Crippen LogP) is 2.71. The number of carbonyl (C=O) groups is 3. The van der Waals surface area contributed by atoms with Gasteiger partial charge < -0.3 is 24.4 Å². The molecule has 3 unspecified atom stereocenters. The summed E-state index contributed by atoms with van der Waals surface area (Å²) in [4.78, 5) is 48.2. The van der Waals surface area contributed by atoms with E-state index in [-0.39, 0.29) is 40.4 Å². The van der Waals surface area contributed by atoms with Crippen LogP contribution in [0.1, 0.15) is 39.5 Å². The number of morpholine rings is 1. The molecule has 4 rings (SSSR count). The van der Waals surface area contributed by atoms with Crippen LogP contribution in [0, 0.1) is 17.8 Å². The number of allylic oxidation sites excluding steroid dienone is 1. The molecule has 4 saturated heterocycles. The molecule has 0 aromatic carbocycles. The zero-order chi connectivity index (χ0) is 29.7. The van der Waals surface area contributed by atoms with Crippen LogP contribution in [0.5, 0.6) is 0 Å². The lowest BCUT2D eigenvalue weighted by atomic mass is 9.71. The third-order valence-electron chi connectivity index (χ3n) is 9.04. The second-order valence-electron chi connectivity index (χ2n) is 11.9. The van der Waals surface area contributed by atoms with E-state index in [2.05, 4.69) is 34.0 Å². The third kappa shape index (κ3) is 6.44. The van der Waals surface area contributed by atoms with Crippen molar-refractivity contribution < 1.29 is 29.0 Å². The summed E-state index contributed by atoms with van der Waals surface area (Å²) in [6.07, 6.45) is 6.63. The molecule has 0 saturated carbocycles.